The molecule has 0 spiro atoms. The molecule has 2 aromatic rings. The Morgan fingerprint density at radius 3 is 2.69 bits per heavy atom. The zero-order valence-corrected chi connectivity index (χ0v) is 14.7. The lowest BCUT2D eigenvalue weighted by Gasteiger charge is -2.32. The molecule has 6 nitrogen and oxygen atoms in total. The highest BCUT2D eigenvalue weighted by Gasteiger charge is 2.30. The molecule has 0 saturated carbocycles. The molecule has 0 bridgehead atoms. The molecule has 9 heteroatoms. The Balaban J connectivity index is 2.03. The van der Waals surface area contributed by atoms with Crippen molar-refractivity contribution in [2.75, 3.05) is 13.1 Å². The molecule has 1 fully saturated rings. The molecule has 0 aliphatic carbocycles. The van der Waals surface area contributed by atoms with Crippen LogP contribution < -0.4 is 5.73 Å². The maximum atomic E-state index is 14.2. The molecule has 3 rings (SSSR count). The van der Waals surface area contributed by atoms with Crippen molar-refractivity contribution >= 4 is 23.6 Å². The molecule has 1 saturated heterocycles. The van der Waals surface area contributed by atoms with E-state index in [-0.39, 0.29) is 23.6 Å². The molecule has 1 aromatic carbocycles. The number of amides is 2. The fourth-order valence-electron chi connectivity index (χ4n) is 2.90. The Labute approximate surface area is 152 Å². The van der Waals surface area contributed by atoms with E-state index in [9.17, 15) is 13.6 Å². The Morgan fingerprint density at radius 1 is 1.46 bits per heavy atom. The van der Waals surface area contributed by atoms with Crippen LogP contribution in [0.4, 0.5) is 13.6 Å². The molecule has 2 amide bonds. The summed E-state index contributed by atoms with van der Waals surface area (Å²) in [6.45, 7) is 2.38. The predicted molar refractivity (Wildman–Crippen MR) is 92.2 cm³/mol. The number of halogens is 2. The summed E-state index contributed by atoms with van der Waals surface area (Å²) in [5.41, 5.74) is 5.82. The number of nitrogens with two attached hydrogens (primary N) is 1. The van der Waals surface area contributed by atoms with Crippen molar-refractivity contribution in [1.29, 1.82) is 5.26 Å². The van der Waals surface area contributed by atoms with E-state index in [1.54, 1.807) is 13.0 Å². The summed E-state index contributed by atoms with van der Waals surface area (Å²) in [6.07, 6.45) is 1.84. The van der Waals surface area contributed by atoms with Crippen LogP contribution >= 0.6 is 11.5 Å². The number of hydrogen-bond donors (Lipinski definition) is 1. The minimum atomic E-state index is -0.807. The maximum Gasteiger partial charge on any atom is 0.314 e. The van der Waals surface area contributed by atoms with Gasteiger partial charge in [-0.1, -0.05) is 5.57 Å². The van der Waals surface area contributed by atoms with Gasteiger partial charge in [0, 0.05) is 18.7 Å². The van der Waals surface area contributed by atoms with Crippen LogP contribution in [-0.4, -0.2) is 33.4 Å². The van der Waals surface area contributed by atoms with Crippen LogP contribution in [-0.2, 0) is 0 Å². The van der Waals surface area contributed by atoms with Crippen molar-refractivity contribution in [3.8, 4) is 6.07 Å². The van der Waals surface area contributed by atoms with Gasteiger partial charge in [0.05, 0.1) is 17.6 Å². The number of benzene rings is 1. The van der Waals surface area contributed by atoms with E-state index in [2.05, 4.69) is 9.36 Å². The van der Waals surface area contributed by atoms with Crippen LogP contribution in [0.5, 0.6) is 0 Å². The van der Waals surface area contributed by atoms with E-state index in [4.69, 9.17) is 11.0 Å². The number of rotatable bonds is 2. The standard InChI is InChI=1S/C17H15F2N5OS/c1-9-22-16(26-23-9)13-8-24(17(21)25)3-2-11(13)6-12-14(18)4-10(7-20)5-15(12)19/h4-6,13H,2-3,8H2,1H3,(H2,21,25). The van der Waals surface area contributed by atoms with Gasteiger partial charge in [-0.05, 0) is 43.1 Å². The smallest absolute Gasteiger partial charge is 0.314 e. The highest BCUT2D eigenvalue weighted by molar-refractivity contribution is 7.05. The largest absolute Gasteiger partial charge is 0.351 e. The van der Waals surface area contributed by atoms with E-state index in [0.29, 0.717) is 23.8 Å². The van der Waals surface area contributed by atoms with Crippen LogP contribution in [0.3, 0.4) is 0 Å². The monoisotopic (exact) mass is 375 g/mol. The number of urea groups is 1. The zero-order chi connectivity index (χ0) is 18.8. The quantitative estimate of drug-likeness (QED) is 0.873. The van der Waals surface area contributed by atoms with Gasteiger partial charge in [-0.15, -0.1) is 0 Å². The van der Waals surface area contributed by atoms with Gasteiger partial charge in [0.15, 0.2) is 0 Å². The first-order chi connectivity index (χ1) is 12.4. The van der Waals surface area contributed by atoms with Gasteiger partial charge in [-0.25, -0.2) is 18.6 Å². The second kappa shape index (κ2) is 7.17. The molecule has 2 heterocycles. The summed E-state index contributed by atoms with van der Waals surface area (Å²) >= 11 is 1.19. The van der Waals surface area contributed by atoms with Crippen LogP contribution in [0.2, 0.25) is 0 Å². The Hall–Kier alpha value is -2.86. The third kappa shape index (κ3) is 3.55. The number of carbonyl (C=O) groups is 1. The Bertz CT molecular complexity index is 910. The molecule has 1 unspecified atom stereocenters. The molecule has 1 aromatic heterocycles. The first-order valence-electron chi connectivity index (χ1n) is 7.83. The van der Waals surface area contributed by atoms with Crippen LogP contribution in [0, 0.1) is 29.9 Å². The fourth-order valence-corrected chi connectivity index (χ4v) is 3.70. The average Bonchev–Trinajstić information content (AvgIpc) is 3.04. The second-order valence-electron chi connectivity index (χ2n) is 5.95. The molecule has 2 N–H and O–H groups in total. The third-order valence-corrected chi connectivity index (χ3v) is 5.13. The summed E-state index contributed by atoms with van der Waals surface area (Å²) in [7, 11) is 0. The average molecular weight is 375 g/mol. The molecule has 1 aliphatic heterocycles. The molecular weight excluding hydrogens is 360 g/mol. The van der Waals surface area contributed by atoms with Crippen LogP contribution in [0.15, 0.2) is 17.7 Å². The van der Waals surface area contributed by atoms with E-state index in [0.717, 1.165) is 17.7 Å². The van der Waals surface area contributed by atoms with Crippen molar-refractivity contribution in [3.05, 3.63) is 51.3 Å². The fraction of sp³-hybridized carbons (Fsp3) is 0.294. The molecule has 1 atom stereocenters. The number of aromatic nitrogens is 2. The number of aryl methyl sites for hydroxylation is 1. The number of hydrogen-bond acceptors (Lipinski definition) is 5. The molecule has 1 aliphatic rings. The zero-order valence-electron chi connectivity index (χ0n) is 13.9. The van der Waals surface area contributed by atoms with Crippen molar-refractivity contribution in [2.24, 2.45) is 5.73 Å². The topological polar surface area (TPSA) is 95.9 Å². The predicted octanol–water partition coefficient (Wildman–Crippen LogP) is 2.95. The van der Waals surface area contributed by atoms with Gasteiger partial charge >= 0.3 is 6.03 Å². The van der Waals surface area contributed by atoms with Crippen molar-refractivity contribution < 1.29 is 13.6 Å². The Kier molecular flexibility index (Phi) is 4.95. The van der Waals surface area contributed by atoms with Gasteiger partial charge in [-0.3, -0.25) is 0 Å². The number of piperidine rings is 1. The summed E-state index contributed by atoms with van der Waals surface area (Å²) in [5.74, 6) is -1.36. The number of likely N-dealkylation sites (tertiary alicyclic amines) is 1. The molecule has 0 radical (unpaired) electrons. The van der Waals surface area contributed by atoms with Gasteiger partial charge < -0.3 is 10.6 Å². The number of nitriles is 1. The molecule has 26 heavy (non-hydrogen) atoms. The second-order valence-corrected chi connectivity index (χ2v) is 6.73. The summed E-state index contributed by atoms with van der Waals surface area (Å²) in [4.78, 5) is 17.4. The SMILES string of the molecule is Cc1nsc(C2CN(C(N)=O)CCC2=Cc2c(F)cc(C#N)cc2F)n1. The number of nitrogens with zero attached hydrogens (tertiary/aromatic N) is 4. The Morgan fingerprint density at radius 2 is 2.15 bits per heavy atom. The van der Waals surface area contributed by atoms with Gasteiger partial charge in [0.25, 0.3) is 0 Å². The lowest BCUT2D eigenvalue weighted by molar-refractivity contribution is 0.199. The lowest BCUT2D eigenvalue weighted by Crippen LogP contribution is -2.43. The van der Waals surface area contributed by atoms with Crippen LogP contribution in [0.1, 0.15) is 34.3 Å². The summed E-state index contributed by atoms with van der Waals surface area (Å²) in [5, 5.41) is 9.47. The highest BCUT2D eigenvalue weighted by Crippen LogP contribution is 2.35. The van der Waals surface area contributed by atoms with Crippen molar-refractivity contribution in [2.45, 2.75) is 19.3 Å². The molecule has 134 valence electrons. The highest BCUT2D eigenvalue weighted by atomic mass is 32.1. The first-order valence-corrected chi connectivity index (χ1v) is 8.60. The molecular formula is C17H15F2N5OS. The number of primary amides is 1. The van der Waals surface area contributed by atoms with Crippen molar-refractivity contribution in [1.82, 2.24) is 14.3 Å². The maximum absolute atomic E-state index is 14.2. The lowest BCUT2D eigenvalue weighted by atomic mass is 9.90. The van der Waals surface area contributed by atoms with E-state index in [1.807, 2.05) is 0 Å². The third-order valence-electron chi connectivity index (χ3n) is 4.21. The summed E-state index contributed by atoms with van der Waals surface area (Å²) in [6, 6.07) is 3.17. The van der Waals surface area contributed by atoms with E-state index >= 15 is 0 Å². The summed E-state index contributed by atoms with van der Waals surface area (Å²) < 4.78 is 32.6. The van der Waals surface area contributed by atoms with Crippen LogP contribution in [0.25, 0.3) is 6.08 Å². The number of carbonyl (C=O) groups excluding carboxylic acids is 1. The first kappa shape index (κ1) is 17.9. The van der Waals surface area contributed by atoms with E-state index < -0.39 is 17.7 Å². The normalized spacial score (nSPS) is 18.8. The van der Waals surface area contributed by atoms with Crippen molar-refractivity contribution in [3.63, 3.8) is 0 Å². The van der Waals surface area contributed by atoms with E-state index in [1.165, 1.54) is 22.5 Å². The minimum absolute atomic E-state index is 0.0815. The minimum Gasteiger partial charge on any atom is -0.351 e. The van der Waals surface area contributed by atoms with Gasteiger partial charge in [0.1, 0.15) is 22.5 Å². The van der Waals surface area contributed by atoms with Gasteiger partial charge in [0.2, 0.25) is 0 Å². The van der Waals surface area contributed by atoms with Gasteiger partial charge in [-0.2, -0.15) is 9.64 Å².